The highest BCUT2D eigenvalue weighted by atomic mass is 32.2. The lowest BCUT2D eigenvalue weighted by Crippen LogP contribution is -2.36. The van der Waals surface area contributed by atoms with Crippen molar-refractivity contribution in [2.75, 3.05) is 13.2 Å². The molecule has 1 saturated heterocycles. The van der Waals surface area contributed by atoms with Crippen LogP contribution in [0, 0.1) is 10.1 Å². The van der Waals surface area contributed by atoms with Crippen LogP contribution in [-0.4, -0.2) is 36.9 Å². The Hall–Kier alpha value is -2.23. The van der Waals surface area contributed by atoms with Gasteiger partial charge < -0.3 is 9.15 Å². The summed E-state index contributed by atoms with van der Waals surface area (Å²) in [6, 6.07) is 8.26. The van der Waals surface area contributed by atoms with Gasteiger partial charge in [0.1, 0.15) is 5.76 Å². The molecule has 1 atom stereocenters. The Balaban J connectivity index is 1.87. The van der Waals surface area contributed by atoms with E-state index in [-0.39, 0.29) is 29.8 Å². The molecule has 25 heavy (non-hydrogen) atoms. The maximum Gasteiger partial charge on any atom is 0.269 e. The Labute approximate surface area is 145 Å². The third-order valence-corrected chi connectivity index (χ3v) is 5.85. The molecular formula is C16H18N2O6S. The van der Waals surface area contributed by atoms with Crippen molar-refractivity contribution in [3.63, 3.8) is 0 Å². The zero-order valence-corrected chi connectivity index (χ0v) is 14.2. The molecule has 9 heteroatoms. The Morgan fingerprint density at radius 1 is 1.24 bits per heavy atom. The zero-order chi connectivity index (χ0) is 17.9. The highest BCUT2D eigenvalue weighted by molar-refractivity contribution is 7.89. The third kappa shape index (κ3) is 4.06. The third-order valence-electron chi connectivity index (χ3n) is 4.03. The normalized spacial score (nSPS) is 17.9. The van der Waals surface area contributed by atoms with E-state index in [0.717, 1.165) is 12.8 Å². The Morgan fingerprint density at radius 2 is 2.00 bits per heavy atom. The first kappa shape index (κ1) is 17.6. The van der Waals surface area contributed by atoms with Gasteiger partial charge in [-0.3, -0.25) is 10.1 Å². The highest BCUT2D eigenvalue weighted by Crippen LogP contribution is 2.24. The van der Waals surface area contributed by atoms with Crippen LogP contribution in [0.5, 0.6) is 0 Å². The van der Waals surface area contributed by atoms with Gasteiger partial charge in [-0.05, 0) is 37.1 Å². The van der Waals surface area contributed by atoms with Crippen molar-refractivity contribution in [3.8, 4) is 0 Å². The summed E-state index contributed by atoms with van der Waals surface area (Å²) in [5.41, 5.74) is -0.157. The summed E-state index contributed by atoms with van der Waals surface area (Å²) in [4.78, 5) is 10.2. The molecular weight excluding hydrogens is 348 g/mol. The Kier molecular flexibility index (Phi) is 5.16. The fourth-order valence-corrected chi connectivity index (χ4v) is 4.17. The largest absolute Gasteiger partial charge is 0.468 e. The van der Waals surface area contributed by atoms with E-state index >= 15 is 0 Å². The SMILES string of the molecule is O=[N+]([O-])c1ccc(S(=O)(=O)N(Cc2ccco2)CC2CCCO2)cc1. The average Bonchev–Trinajstić information content (AvgIpc) is 3.28. The first-order valence-electron chi connectivity index (χ1n) is 7.85. The lowest BCUT2D eigenvalue weighted by atomic mass is 10.2. The van der Waals surface area contributed by atoms with E-state index < -0.39 is 14.9 Å². The minimum absolute atomic E-state index is 0.00246. The second kappa shape index (κ2) is 7.34. The van der Waals surface area contributed by atoms with E-state index in [0.29, 0.717) is 12.4 Å². The number of nitrogens with zero attached hydrogens (tertiary/aromatic N) is 2. The maximum absolute atomic E-state index is 13.0. The second-order valence-electron chi connectivity index (χ2n) is 5.76. The molecule has 0 N–H and O–H groups in total. The van der Waals surface area contributed by atoms with E-state index in [2.05, 4.69) is 0 Å². The smallest absolute Gasteiger partial charge is 0.269 e. The number of nitro benzene ring substituents is 1. The number of rotatable bonds is 7. The molecule has 0 radical (unpaired) electrons. The Bertz CT molecular complexity index is 811. The molecule has 8 nitrogen and oxygen atoms in total. The van der Waals surface area contributed by atoms with Gasteiger partial charge in [0.05, 0.1) is 28.7 Å². The summed E-state index contributed by atoms with van der Waals surface area (Å²) < 4.78 is 38.1. The van der Waals surface area contributed by atoms with E-state index in [1.165, 1.54) is 34.8 Å². The summed E-state index contributed by atoms with van der Waals surface area (Å²) in [7, 11) is -3.84. The van der Waals surface area contributed by atoms with Crippen molar-refractivity contribution in [2.24, 2.45) is 0 Å². The highest BCUT2D eigenvalue weighted by Gasteiger charge is 2.30. The summed E-state index contributed by atoms with van der Waals surface area (Å²) in [5.74, 6) is 0.517. The standard InChI is InChI=1S/C16H18N2O6S/c19-18(20)13-5-7-16(8-6-13)25(21,22)17(11-14-3-1-9-23-14)12-15-4-2-10-24-15/h1,3,5-9,15H,2,4,10-12H2. The van der Waals surface area contributed by atoms with Gasteiger partial charge in [0.15, 0.2) is 0 Å². The van der Waals surface area contributed by atoms with Crippen molar-refractivity contribution in [3.05, 3.63) is 58.5 Å². The van der Waals surface area contributed by atoms with Crippen molar-refractivity contribution < 1.29 is 22.5 Å². The number of sulfonamides is 1. The number of hydrogen-bond donors (Lipinski definition) is 0. The molecule has 0 bridgehead atoms. The fourth-order valence-electron chi connectivity index (χ4n) is 2.73. The molecule has 2 heterocycles. The van der Waals surface area contributed by atoms with E-state index in [4.69, 9.17) is 9.15 Å². The molecule has 1 aliphatic rings. The van der Waals surface area contributed by atoms with Crippen LogP contribution < -0.4 is 0 Å². The average molecular weight is 366 g/mol. The monoisotopic (exact) mass is 366 g/mol. The molecule has 134 valence electrons. The minimum atomic E-state index is -3.84. The predicted octanol–water partition coefficient (Wildman–Crippen LogP) is 2.56. The van der Waals surface area contributed by atoms with Gasteiger partial charge in [0.25, 0.3) is 5.69 Å². The first-order chi connectivity index (χ1) is 12.0. The van der Waals surface area contributed by atoms with Crippen LogP contribution in [-0.2, 0) is 21.3 Å². The number of furan rings is 1. The molecule has 0 amide bonds. The van der Waals surface area contributed by atoms with Crippen LogP contribution in [0.15, 0.2) is 52.0 Å². The number of hydrogen-bond acceptors (Lipinski definition) is 6. The topological polar surface area (TPSA) is 103 Å². The van der Waals surface area contributed by atoms with Crippen molar-refractivity contribution in [1.82, 2.24) is 4.31 Å². The molecule has 3 rings (SSSR count). The minimum Gasteiger partial charge on any atom is -0.468 e. The summed E-state index contributed by atoms with van der Waals surface area (Å²) >= 11 is 0. The maximum atomic E-state index is 13.0. The molecule has 1 fully saturated rings. The number of non-ortho nitro benzene ring substituents is 1. The number of benzene rings is 1. The lowest BCUT2D eigenvalue weighted by Gasteiger charge is -2.24. The van der Waals surface area contributed by atoms with Crippen LogP contribution in [0.25, 0.3) is 0 Å². The molecule has 2 aromatic rings. The van der Waals surface area contributed by atoms with Gasteiger partial charge in [0.2, 0.25) is 10.0 Å². The lowest BCUT2D eigenvalue weighted by molar-refractivity contribution is -0.384. The summed E-state index contributed by atoms with van der Waals surface area (Å²) in [5, 5.41) is 10.8. The van der Waals surface area contributed by atoms with Crippen LogP contribution in [0.3, 0.4) is 0 Å². The van der Waals surface area contributed by atoms with Crippen molar-refractivity contribution in [2.45, 2.75) is 30.4 Å². The van der Waals surface area contributed by atoms with Gasteiger partial charge >= 0.3 is 0 Å². The quantitative estimate of drug-likeness (QED) is 0.551. The van der Waals surface area contributed by atoms with Crippen LogP contribution in [0.4, 0.5) is 5.69 Å². The zero-order valence-electron chi connectivity index (χ0n) is 13.4. The molecule has 1 aromatic heterocycles. The van der Waals surface area contributed by atoms with Crippen LogP contribution in [0.2, 0.25) is 0 Å². The van der Waals surface area contributed by atoms with E-state index in [1.54, 1.807) is 12.1 Å². The van der Waals surface area contributed by atoms with Crippen LogP contribution >= 0.6 is 0 Å². The Morgan fingerprint density at radius 3 is 2.56 bits per heavy atom. The van der Waals surface area contributed by atoms with Gasteiger partial charge in [-0.2, -0.15) is 4.31 Å². The molecule has 0 spiro atoms. The number of ether oxygens (including phenoxy) is 1. The van der Waals surface area contributed by atoms with Crippen molar-refractivity contribution >= 4 is 15.7 Å². The van der Waals surface area contributed by atoms with Gasteiger partial charge in [0, 0.05) is 25.3 Å². The summed E-state index contributed by atoms with van der Waals surface area (Å²) in [6.45, 7) is 0.906. The molecule has 1 aliphatic heterocycles. The predicted molar refractivity (Wildman–Crippen MR) is 88.4 cm³/mol. The molecule has 0 aliphatic carbocycles. The van der Waals surface area contributed by atoms with Crippen molar-refractivity contribution in [1.29, 1.82) is 0 Å². The number of nitro groups is 1. The molecule has 0 saturated carbocycles. The van der Waals surface area contributed by atoms with Gasteiger partial charge in [-0.15, -0.1) is 0 Å². The molecule has 1 aromatic carbocycles. The van der Waals surface area contributed by atoms with E-state index in [1.807, 2.05) is 0 Å². The van der Waals surface area contributed by atoms with Gasteiger partial charge in [-0.1, -0.05) is 0 Å². The first-order valence-corrected chi connectivity index (χ1v) is 9.29. The second-order valence-corrected chi connectivity index (χ2v) is 7.70. The fraction of sp³-hybridized carbons (Fsp3) is 0.375. The van der Waals surface area contributed by atoms with Crippen LogP contribution in [0.1, 0.15) is 18.6 Å². The van der Waals surface area contributed by atoms with E-state index in [9.17, 15) is 18.5 Å². The molecule has 1 unspecified atom stereocenters. The van der Waals surface area contributed by atoms with Gasteiger partial charge in [-0.25, -0.2) is 8.42 Å². The summed E-state index contributed by atoms with van der Waals surface area (Å²) in [6.07, 6.45) is 3.02.